The van der Waals surface area contributed by atoms with E-state index < -0.39 is 12.5 Å². The smallest absolute Gasteiger partial charge is 0.263 e. The number of carbonyl (C=O) groups excluding carboxylic acids is 2. The van der Waals surface area contributed by atoms with Crippen molar-refractivity contribution in [2.75, 3.05) is 13.6 Å². The fourth-order valence-electron chi connectivity index (χ4n) is 5.69. The van der Waals surface area contributed by atoms with Crippen molar-refractivity contribution in [1.29, 1.82) is 0 Å². The van der Waals surface area contributed by atoms with Crippen LogP contribution >= 0.6 is 0 Å². The Hall–Kier alpha value is -2.87. The molecule has 8 heteroatoms. The summed E-state index contributed by atoms with van der Waals surface area (Å²) in [7, 11) is 1.73. The number of pyridine rings is 1. The van der Waals surface area contributed by atoms with Gasteiger partial charge in [0, 0.05) is 30.1 Å². The monoisotopic (exact) mass is 512 g/mol. The van der Waals surface area contributed by atoms with Gasteiger partial charge in [-0.25, -0.2) is 8.78 Å². The van der Waals surface area contributed by atoms with E-state index in [9.17, 15) is 18.4 Å². The summed E-state index contributed by atoms with van der Waals surface area (Å²) in [4.78, 5) is 33.1. The molecule has 4 rings (SSSR count). The summed E-state index contributed by atoms with van der Waals surface area (Å²) in [5.41, 5.74) is 3.24. The minimum Gasteiger partial charge on any atom is -0.343 e. The van der Waals surface area contributed by atoms with Gasteiger partial charge in [0.05, 0.1) is 12.1 Å². The van der Waals surface area contributed by atoms with Gasteiger partial charge in [0.2, 0.25) is 11.8 Å². The van der Waals surface area contributed by atoms with Crippen LogP contribution in [0, 0.1) is 12.8 Å². The number of nitrogens with zero attached hydrogens (tertiary/aromatic N) is 2. The number of benzene rings is 1. The highest BCUT2D eigenvalue weighted by Gasteiger charge is 2.39. The number of hydrogen-bond acceptors (Lipinski definition) is 4. The van der Waals surface area contributed by atoms with E-state index in [2.05, 4.69) is 15.6 Å². The van der Waals surface area contributed by atoms with Crippen LogP contribution in [0.25, 0.3) is 11.1 Å². The van der Waals surface area contributed by atoms with E-state index in [0.717, 1.165) is 67.2 Å². The van der Waals surface area contributed by atoms with Crippen molar-refractivity contribution in [3.8, 4) is 11.1 Å². The van der Waals surface area contributed by atoms with Gasteiger partial charge in [-0.2, -0.15) is 0 Å². The molecule has 1 aromatic carbocycles. The number of aryl methyl sites for hydroxylation is 1. The van der Waals surface area contributed by atoms with Crippen LogP contribution in [0.5, 0.6) is 0 Å². The van der Waals surface area contributed by atoms with Gasteiger partial charge in [0.1, 0.15) is 6.04 Å². The Labute approximate surface area is 218 Å². The Morgan fingerprint density at radius 3 is 2.51 bits per heavy atom. The summed E-state index contributed by atoms with van der Waals surface area (Å²) in [5, 5.41) is 6.03. The number of carbonyl (C=O) groups is 2. The number of nitrogens with one attached hydrogen (secondary N) is 2. The lowest BCUT2D eigenvalue weighted by Gasteiger charge is -2.35. The Kier molecular flexibility index (Phi) is 8.90. The van der Waals surface area contributed by atoms with Crippen molar-refractivity contribution in [2.45, 2.75) is 83.3 Å². The highest BCUT2D eigenvalue weighted by atomic mass is 19.3. The quantitative estimate of drug-likeness (QED) is 0.501. The average Bonchev–Trinajstić information content (AvgIpc) is 3.41. The fourth-order valence-corrected chi connectivity index (χ4v) is 5.69. The molecule has 2 N–H and O–H groups in total. The molecule has 1 aliphatic heterocycles. The van der Waals surface area contributed by atoms with Crippen LogP contribution in [-0.2, 0) is 9.59 Å². The van der Waals surface area contributed by atoms with Gasteiger partial charge in [-0.05, 0) is 81.3 Å². The first-order chi connectivity index (χ1) is 17.8. The molecule has 6 nitrogen and oxygen atoms in total. The molecule has 0 radical (unpaired) electrons. The molecule has 200 valence electrons. The lowest BCUT2D eigenvalue weighted by atomic mass is 9.83. The van der Waals surface area contributed by atoms with E-state index >= 15 is 0 Å². The van der Waals surface area contributed by atoms with Crippen LogP contribution in [0.1, 0.15) is 81.0 Å². The van der Waals surface area contributed by atoms with E-state index in [4.69, 9.17) is 0 Å². The molecule has 2 aliphatic rings. The van der Waals surface area contributed by atoms with Gasteiger partial charge >= 0.3 is 0 Å². The number of halogens is 2. The number of alkyl halides is 2. The molecule has 1 aromatic heterocycles. The van der Waals surface area contributed by atoms with E-state index in [1.807, 2.05) is 17.9 Å². The third-order valence-electron chi connectivity index (χ3n) is 8.02. The molecule has 1 saturated heterocycles. The van der Waals surface area contributed by atoms with Crippen LogP contribution < -0.4 is 10.6 Å². The molecule has 2 amide bonds. The van der Waals surface area contributed by atoms with E-state index in [1.165, 1.54) is 12.1 Å². The Morgan fingerprint density at radius 2 is 1.81 bits per heavy atom. The molecule has 2 heterocycles. The van der Waals surface area contributed by atoms with Crippen molar-refractivity contribution in [1.82, 2.24) is 20.5 Å². The highest BCUT2D eigenvalue weighted by molar-refractivity contribution is 5.90. The topological polar surface area (TPSA) is 74.3 Å². The molecule has 2 aromatic rings. The minimum atomic E-state index is -2.55. The van der Waals surface area contributed by atoms with Crippen molar-refractivity contribution < 1.29 is 18.4 Å². The third kappa shape index (κ3) is 6.17. The standard InChI is InChI=1S/C29H38F2N4O2/c1-18-11-12-21(27(30)31)15-24(18)22-14-23(17-33-16-22)25-10-7-13-35(25)29(37)26(20-8-5-4-6-9-20)34-28(36)19(2)32-3/h11-12,14-17,19-20,25-27,32H,4-10,13H2,1-3H3,(H,34,36). The zero-order valence-electron chi connectivity index (χ0n) is 22.0. The summed E-state index contributed by atoms with van der Waals surface area (Å²) in [6.45, 7) is 4.30. The molecule has 3 atom stereocenters. The van der Waals surface area contributed by atoms with Crippen molar-refractivity contribution in [3.63, 3.8) is 0 Å². The van der Waals surface area contributed by atoms with Gasteiger partial charge in [-0.3, -0.25) is 14.6 Å². The summed E-state index contributed by atoms with van der Waals surface area (Å²) < 4.78 is 26.7. The number of rotatable bonds is 8. The van der Waals surface area contributed by atoms with Crippen molar-refractivity contribution in [2.24, 2.45) is 5.92 Å². The van der Waals surface area contributed by atoms with E-state index in [-0.39, 0.29) is 35.4 Å². The lowest BCUT2D eigenvalue weighted by molar-refractivity contribution is -0.139. The SMILES string of the molecule is CNC(C)C(=O)NC(C(=O)N1CCCC1c1cncc(-c2cc(C(F)F)ccc2C)c1)C1CCCCC1. The van der Waals surface area contributed by atoms with Gasteiger partial charge in [-0.15, -0.1) is 0 Å². The normalized spacial score (nSPS) is 20.2. The number of likely N-dealkylation sites (tertiary alicyclic amines) is 1. The third-order valence-corrected chi connectivity index (χ3v) is 8.02. The maximum atomic E-state index is 14.0. The second-order valence-corrected chi connectivity index (χ2v) is 10.5. The van der Waals surface area contributed by atoms with Gasteiger partial charge in [0.15, 0.2) is 0 Å². The summed E-state index contributed by atoms with van der Waals surface area (Å²) >= 11 is 0. The van der Waals surface area contributed by atoms with E-state index in [1.54, 1.807) is 32.4 Å². The summed E-state index contributed by atoms with van der Waals surface area (Å²) in [5.74, 6) is -0.0766. The second-order valence-electron chi connectivity index (χ2n) is 10.5. The lowest BCUT2D eigenvalue weighted by Crippen LogP contribution is -2.55. The minimum absolute atomic E-state index is 0.0227. The summed E-state index contributed by atoms with van der Waals surface area (Å²) in [6.07, 6.45) is 7.72. The maximum absolute atomic E-state index is 14.0. The zero-order valence-corrected chi connectivity index (χ0v) is 22.0. The van der Waals surface area contributed by atoms with Crippen LogP contribution in [0.3, 0.4) is 0 Å². The van der Waals surface area contributed by atoms with Crippen LogP contribution in [0.4, 0.5) is 8.78 Å². The second kappa shape index (κ2) is 12.1. The van der Waals surface area contributed by atoms with E-state index in [0.29, 0.717) is 6.54 Å². The molecular weight excluding hydrogens is 474 g/mol. The predicted octanol–water partition coefficient (Wildman–Crippen LogP) is 5.33. The fraction of sp³-hybridized carbons (Fsp3) is 0.552. The molecule has 1 aliphatic carbocycles. The highest BCUT2D eigenvalue weighted by Crippen LogP contribution is 2.37. The number of aromatic nitrogens is 1. The zero-order chi connectivity index (χ0) is 26.5. The molecule has 3 unspecified atom stereocenters. The average molecular weight is 513 g/mol. The molecule has 0 spiro atoms. The van der Waals surface area contributed by atoms with Crippen molar-refractivity contribution >= 4 is 11.8 Å². The molecule has 0 bridgehead atoms. The van der Waals surface area contributed by atoms with Gasteiger partial charge in [-0.1, -0.05) is 31.4 Å². The Morgan fingerprint density at radius 1 is 1.05 bits per heavy atom. The first-order valence-corrected chi connectivity index (χ1v) is 13.4. The first kappa shape index (κ1) is 27.2. The number of amides is 2. The van der Waals surface area contributed by atoms with Crippen molar-refractivity contribution in [3.05, 3.63) is 53.3 Å². The Balaban J connectivity index is 1.61. The molecule has 37 heavy (non-hydrogen) atoms. The molecule has 2 fully saturated rings. The van der Waals surface area contributed by atoms with Gasteiger partial charge < -0.3 is 15.5 Å². The van der Waals surface area contributed by atoms with Crippen LogP contribution in [0.15, 0.2) is 36.7 Å². The van der Waals surface area contributed by atoms with Gasteiger partial charge in [0.25, 0.3) is 6.43 Å². The first-order valence-electron chi connectivity index (χ1n) is 13.4. The maximum Gasteiger partial charge on any atom is 0.263 e. The largest absolute Gasteiger partial charge is 0.343 e. The number of likely N-dealkylation sites (N-methyl/N-ethyl adjacent to an activating group) is 1. The van der Waals surface area contributed by atoms with Crippen LogP contribution in [-0.4, -0.2) is 47.4 Å². The summed E-state index contributed by atoms with van der Waals surface area (Å²) in [6, 6.07) is 5.55. The molecule has 1 saturated carbocycles. The van der Waals surface area contributed by atoms with Crippen LogP contribution in [0.2, 0.25) is 0 Å². The predicted molar refractivity (Wildman–Crippen MR) is 140 cm³/mol. The molecular formula is C29H38F2N4O2. The Bertz CT molecular complexity index is 1100. The number of hydrogen-bond donors (Lipinski definition) is 2.